The highest BCUT2D eigenvalue weighted by molar-refractivity contribution is 6.00. The Morgan fingerprint density at radius 3 is 2.39 bits per heavy atom. The molecule has 0 bridgehead atoms. The van der Waals surface area contributed by atoms with Gasteiger partial charge in [-0.2, -0.15) is 0 Å². The Morgan fingerprint density at radius 2 is 1.69 bits per heavy atom. The molecule has 1 heterocycles. The number of benzene rings is 3. The van der Waals surface area contributed by atoms with E-state index >= 15 is 0 Å². The average Bonchev–Trinajstić information content (AvgIpc) is 2.90. The summed E-state index contributed by atoms with van der Waals surface area (Å²) < 4.78 is 16.3. The van der Waals surface area contributed by atoms with Gasteiger partial charge in [0, 0.05) is 30.5 Å². The number of nitrogens with zero attached hydrogens (tertiary/aromatic N) is 1. The molecule has 0 saturated carbocycles. The van der Waals surface area contributed by atoms with Crippen molar-refractivity contribution in [1.82, 2.24) is 0 Å². The molecule has 1 aliphatic rings. The van der Waals surface area contributed by atoms with Gasteiger partial charge >= 0.3 is 0 Å². The van der Waals surface area contributed by atoms with Crippen LogP contribution in [0.1, 0.15) is 30.0 Å². The van der Waals surface area contributed by atoms with Crippen LogP contribution in [0.5, 0.6) is 11.5 Å². The molecule has 2 amide bonds. The topological polar surface area (TPSA) is 77.1 Å². The third-order valence-electron chi connectivity index (χ3n) is 6.38. The second kappa shape index (κ2) is 11.7. The summed E-state index contributed by atoms with van der Waals surface area (Å²) in [7, 11) is 3.23. The molecular weight excluding hydrogens is 456 g/mol. The fraction of sp³-hybridized carbons (Fsp3) is 0.310. The van der Waals surface area contributed by atoms with Crippen LogP contribution in [0.3, 0.4) is 0 Å². The lowest BCUT2D eigenvalue weighted by Gasteiger charge is -2.41. The van der Waals surface area contributed by atoms with Gasteiger partial charge in [0.1, 0.15) is 18.1 Å². The van der Waals surface area contributed by atoms with Gasteiger partial charge in [0.15, 0.2) is 0 Å². The van der Waals surface area contributed by atoms with Crippen LogP contribution < -0.4 is 19.7 Å². The number of para-hydroxylation sites is 1. The molecule has 188 valence electrons. The van der Waals surface area contributed by atoms with Crippen molar-refractivity contribution in [3.05, 3.63) is 83.9 Å². The standard InChI is InChI=1S/C29H32N2O5/c1-20-8-12-22(13-9-20)31-27(32)17-16-25(28(31)24-6-4-5-7-26(24)35-3)29(33)30-21-10-14-23(15-11-21)36-19-18-34-2/h4-15,25,28H,16-19H2,1-3H3,(H,30,33). The normalized spacial score (nSPS) is 17.5. The highest BCUT2D eigenvalue weighted by Gasteiger charge is 2.42. The molecule has 0 radical (unpaired) electrons. The van der Waals surface area contributed by atoms with Crippen molar-refractivity contribution in [3.63, 3.8) is 0 Å². The molecule has 0 aromatic heterocycles. The maximum absolute atomic E-state index is 13.6. The summed E-state index contributed by atoms with van der Waals surface area (Å²) >= 11 is 0. The highest BCUT2D eigenvalue weighted by atomic mass is 16.5. The predicted octanol–water partition coefficient (Wildman–Crippen LogP) is 5.15. The number of anilines is 2. The molecule has 3 aromatic carbocycles. The lowest BCUT2D eigenvalue weighted by atomic mass is 9.82. The van der Waals surface area contributed by atoms with Gasteiger partial charge < -0.3 is 24.4 Å². The molecule has 2 unspecified atom stereocenters. The Labute approximate surface area is 212 Å². The zero-order valence-corrected chi connectivity index (χ0v) is 20.9. The molecule has 7 heteroatoms. The first-order chi connectivity index (χ1) is 17.5. The van der Waals surface area contributed by atoms with Gasteiger partial charge in [0.25, 0.3) is 0 Å². The van der Waals surface area contributed by atoms with E-state index in [4.69, 9.17) is 14.2 Å². The van der Waals surface area contributed by atoms with Crippen LogP contribution in [0.4, 0.5) is 11.4 Å². The smallest absolute Gasteiger partial charge is 0.229 e. The van der Waals surface area contributed by atoms with E-state index in [1.165, 1.54) is 0 Å². The molecule has 1 aliphatic heterocycles. The average molecular weight is 489 g/mol. The number of piperidine rings is 1. The number of methoxy groups -OCH3 is 2. The zero-order chi connectivity index (χ0) is 25.5. The summed E-state index contributed by atoms with van der Waals surface area (Å²) in [5.41, 5.74) is 3.32. The summed E-state index contributed by atoms with van der Waals surface area (Å²) in [6.07, 6.45) is 0.720. The monoisotopic (exact) mass is 488 g/mol. The van der Waals surface area contributed by atoms with Gasteiger partial charge in [0.2, 0.25) is 11.8 Å². The van der Waals surface area contributed by atoms with Crippen LogP contribution in [0.2, 0.25) is 0 Å². The quantitative estimate of drug-likeness (QED) is 0.422. The van der Waals surface area contributed by atoms with Gasteiger partial charge in [-0.05, 0) is 55.8 Å². The van der Waals surface area contributed by atoms with Crippen molar-refractivity contribution in [2.24, 2.45) is 5.92 Å². The van der Waals surface area contributed by atoms with E-state index in [2.05, 4.69) is 5.32 Å². The predicted molar refractivity (Wildman–Crippen MR) is 140 cm³/mol. The Balaban J connectivity index is 1.64. The number of hydrogen-bond donors (Lipinski definition) is 1. The lowest BCUT2D eigenvalue weighted by Crippen LogP contribution is -2.47. The van der Waals surface area contributed by atoms with E-state index < -0.39 is 12.0 Å². The number of carbonyl (C=O) groups excluding carboxylic acids is 2. The van der Waals surface area contributed by atoms with E-state index in [1.807, 2.05) is 79.7 Å². The van der Waals surface area contributed by atoms with E-state index in [0.717, 1.165) is 16.8 Å². The summed E-state index contributed by atoms with van der Waals surface area (Å²) in [5, 5.41) is 3.04. The van der Waals surface area contributed by atoms with Crippen LogP contribution in [-0.4, -0.2) is 39.2 Å². The van der Waals surface area contributed by atoms with Gasteiger partial charge in [0.05, 0.1) is 25.7 Å². The van der Waals surface area contributed by atoms with Crippen LogP contribution in [0.25, 0.3) is 0 Å². The maximum Gasteiger partial charge on any atom is 0.229 e. The zero-order valence-electron chi connectivity index (χ0n) is 20.9. The van der Waals surface area contributed by atoms with Crippen LogP contribution >= 0.6 is 0 Å². The van der Waals surface area contributed by atoms with Crippen LogP contribution in [0.15, 0.2) is 72.8 Å². The first-order valence-electron chi connectivity index (χ1n) is 12.1. The first-order valence-corrected chi connectivity index (χ1v) is 12.1. The van der Waals surface area contributed by atoms with Crippen molar-refractivity contribution in [2.45, 2.75) is 25.8 Å². The molecule has 36 heavy (non-hydrogen) atoms. The van der Waals surface area contributed by atoms with E-state index in [9.17, 15) is 9.59 Å². The van der Waals surface area contributed by atoms with Crippen molar-refractivity contribution in [3.8, 4) is 11.5 Å². The Bertz CT molecular complexity index is 1180. The number of nitrogens with one attached hydrogen (secondary N) is 1. The van der Waals surface area contributed by atoms with Gasteiger partial charge in [-0.1, -0.05) is 35.9 Å². The minimum atomic E-state index is -0.512. The molecule has 7 nitrogen and oxygen atoms in total. The second-order valence-corrected chi connectivity index (χ2v) is 8.79. The van der Waals surface area contributed by atoms with E-state index in [1.54, 1.807) is 19.1 Å². The minimum Gasteiger partial charge on any atom is -0.496 e. The molecule has 3 aromatic rings. The molecule has 2 atom stereocenters. The highest BCUT2D eigenvalue weighted by Crippen LogP contribution is 2.43. The van der Waals surface area contributed by atoms with Gasteiger partial charge in [-0.25, -0.2) is 0 Å². The maximum atomic E-state index is 13.6. The largest absolute Gasteiger partial charge is 0.496 e. The third-order valence-corrected chi connectivity index (χ3v) is 6.38. The second-order valence-electron chi connectivity index (χ2n) is 8.79. The van der Waals surface area contributed by atoms with Gasteiger partial charge in [-0.15, -0.1) is 0 Å². The molecule has 1 saturated heterocycles. The van der Waals surface area contributed by atoms with Crippen LogP contribution in [-0.2, 0) is 14.3 Å². The molecule has 4 rings (SSSR count). The SMILES string of the molecule is COCCOc1ccc(NC(=O)C2CCC(=O)N(c3ccc(C)cc3)C2c2ccccc2OC)cc1. The first kappa shape index (κ1) is 25.3. The molecule has 0 spiro atoms. The number of amides is 2. The number of hydrogen-bond acceptors (Lipinski definition) is 5. The number of carbonyl (C=O) groups is 2. The lowest BCUT2D eigenvalue weighted by molar-refractivity contribution is -0.125. The van der Waals surface area contributed by atoms with Crippen LogP contribution in [0, 0.1) is 12.8 Å². The molecule has 0 aliphatic carbocycles. The van der Waals surface area contributed by atoms with Crippen molar-refractivity contribution in [2.75, 3.05) is 37.7 Å². The number of ether oxygens (including phenoxy) is 3. The number of rotatable bonds is 9. The fourth-order valence-electron chi connectivity index (χ4n) is 4.56. The summed E-state index contributed by atoms with van der Waals surface area (Å²) in [6.45, 7) is 2.96. The minimum absolute atomic E-state index is 0.0173. The fourth-order valence-corrected chi connectivity index (χ4v) is 4.56. The third kappa shape index (κ3) is 5.69. The number of aryl methyl sites for hydroxylation is 1. The molecule has 1 fully saturated rings. The Hall–Kier alpha value is -3.84. The van der Waals surface area contributed by atoms with Crippen molar-refractivity contribution in [1.29, 1.82) is 0 Å². The Kier molecular flexibility index (Phi) is 8.23. The van der Waals surface area contributed by atoms with Crippen molar-refractivity contribution >= 4 is 23.2 Å². The summed E-state index contributed by atoms with van der Waals surface area (Å²) in [5.74, 6) is 0.702. The Morgan fingerprint density at radius 1 is 0.972 bits per heavy atom. The van der Waals surface area contributed by atoms with E-state index in [-0.39, 0.29) is 18.2 Å². The van der Waals surface area contributed by atoms with E-state index in [0.29, 0.717) is 36.8 Å². The summed E-state index contributed by atoms with van der Waals surface area (Å²) in [6, 6.07) is 22.1. The summed E-state index contributed by atoms with van der Waals surface area (Å²) in [4.78, 5) is 28.7. The van der Waals surface area contributed by atoms with Crippen molar-refractivity contribution < 1.29 is 23.8 Å². The molecular formula is C29H32N2O5. The van der Waals surface area contributed by atoms with Gasteiger partial charge in [-0.3, -0.25) is 9.59 Å². The molecule has 1 N–H and O–H groups in total.